The number of carbonyl (C=O) groups excluding carboxylic acids is 1. The molecule has 0 spiro atoms. The van der Waals surface area contributed by atoms with Crippen LogP contribution in [-0.2, 0) is 9.53 Å². The summed E-state index contributed by atoms with van der Waals surface area (Å²) < 4.78 is 12.6. The lowest BCUT2D eigenvalue weighted by Crippen LogP contribution is -2.48. The number of aryl methyl sites for hydroxylation is 1. The monoisotopic (exact) mass is 617 g/mol. The van der Waals surface area contributed by atoms with Gasteiger partial charge in [0.2, 0.25) is 0 Å². The van der Waals surface area contributed by atoms with Crippen LogP contribution < -0.4 is 10.3 Å². The Bertz CT molecular complexity index is 1780. The van der Waals surface area contributed by atoms with Crippen LogP contribution in [0.25, 0.3) is 22.3 Å². The number of anilines is 1. The third-order valence-corrected chi connectivity index (χ3v) is 9.46. The van der Waals surface area contributed by atoms with Gasteiger partial charge in [0, 0.05) is 66.4 Å². The van der Waals surface area contributed by atoms with Crippen LogP contribution in [0.15, 0.2) is 63.9 Å². The number of nitrogens with zero attached hydrogens (tertiary/aromatic N) is 3. The zero-order valence-electron chi connectivity index (χ0n) is 25.0. The van der Waals surface area contributed by atoms with E-state index >= 15 is 0 Å². The first-order chi connectivity index (χ1) is 21.0. The molecule has 2 aliphatic rings. The number of hydrogen-bond acceptors (Lipinski definition) is 9. The minimum atomic E-state index is -0.679. The Morgan fingerprint density at radius 2 is 1.84 bits per heavy atom. The van der Waals surface area contributed by atoms with E-state index in [9.17, 15) is 19.8 Å². The molecule has 10 heteroatoms. The normalized spacial score (nSPS) is 20.5. The molecule has 2 fully saturated rings. The van der Waals surface area contributed by atoms with Gasteiger partial charge in [0.05, 0.1) is 10.4 Å². The van der Waals surface area contributed by atoms with Crippen LogP contribution in [0.4, 0.5) is 5.69 Å². The highest BCUT2D eigenvalue weighted by Gasteiger charge is 2.43. The molecule has 0 saturated carbocycles. The molecule has 2 saturated heterocycles. The third kappa shape index (κ3) is 5.62. The second-order valence-corrected chi connectivity index (χ2v) is 12.7. The van der Waals surface area contributed by atoms with Crippen molar-refractivity contribution < 1.29 is 24.2 Å². The number of ether oxygens (including phenoxy) is 1. The molecule has 2 atom stereocenters. The van der Waals surface area contributed by atoms with E-state index in [1.807, 2.05) is 33.0 Å². The molecule has 44 heavy (non-hydrogen) atoms. The van der Waals surface area contributed by atoms with Crippen molar-refractivity contribution in [1.82, 2.24) is 9.88 Å². The highest BCUT2D eigenvalue weighted by atomic mass is 35.5. The number of benzene rings is 2. The second-order valence-electron chi connectivity index (χ2n) is 12.3. The number of phenolic OH excluding ortho intramolecular Hbond substituents is 2. The summed E-state index contributed by atoms with van der Waals surface area (Å²) in [5.41, 5.74) is 1.80. The number of hydrogen-bond donors (Lipinski definition) is 2. The maximum absolute atomic E-state index is 13.8. The number of likely N-dealkylation sites (tertiary alicyclic amines) is 1. The molecule has 0 aliphatic carbocycles. The van der Waals surface area contributed by atoms with Gasteiger partial charge in [0.15, 0.2) is 5.43 Å². The SMILES string of the molecule is Cc1cc(N2CCC(C)(C(=O)O[C@@H]3CN(C)CC[C@@H]3c3c(O)cc(O)c4c(=O)cc(-c5ccccc5Cl)oc34)CC2)ccn1. The Labute approximate surface area is 260 Å². The Kier molecular flexibility index (Phi) is 8.02. The number of phenols is 2. The van der Waals surface area contributed by atoms with Gasteiger partial charge in [-0.15, -0.1) is 0 Å². The topological polar surface area (TPSA) is 116 Å². The van der Waals surface area contributed by atoms with E-state index in [0.717, 1.165) is 11.4 Å². The number of fused-ring (bicyclic) bond motifs is 1. The first kappa shape index (κ1) is 30.0. The van der Waals surface area contributed by atoms with Gasteiger partial charge < -0.3 is 29.2 Å². The number of carbonyl (C=O) groups is 1. The summed E-state index contributed by atoms with van der Waals surface area (Å²) in [6, 6.07) is 13.5. The zero-order valence-corrected chi connectivity index (χ0v) is 25.8. The van der Waals surface area contributed by atoms with Crippen molar-refractivity contribution in [2.45, 2.75) is 45.1 Å². The number of pyridine rings is 1. The summed E-state index contributed by atoms with van der Waals surface area (Å²) in [5.74, 6) is -1.16. The molecular weight excluding hydrogens is 582 g/mol. The predicted molar refractivity (Wildman–Crippen MR) is 170 cm³/mol. The largest absolute Gasteiger partial charge is 0.507 e. The van der Waals surface area contributed by atoms with Gasteiger partial charge in [-0.3, -0.25) is 14.6 Å². The van der Waals surface area contributed by atoms with E-state index in [-0.39, 0.29) is 34.2 Å². The quantitative estimate of drug-likeness (QED) is 0.265. The van der Waals surface area contributed by atoms with Crippen LogP contribution in [-0.4, -0.2) is 65.4 Å². The van der Waals surface area contributed by atoms with Crippen molar-refractivity contribution in [2.24, 2.45) is 5.41 Å². The van der Waals surface area contributed by atoms with Crippen molar-refractivity contribution in [3.05, 3.63) is 81.2 Å². The van der Waals surface area contributed by atoms with E-state index in [1.54, 1.807) is 30.5 Å². The van der Waals surface area contributed by atoms with Crippen LogP contribution >= 0.6 is 11.6 Å². The van der Waals surface area contributed by atoms with E-state index in [4.69, 9.17) is 20.8 Å². The lowest BCUT2D eigenvalue weighted by Gasteiger charge is -2.42. The number of aromatic hydroxyl groups is 2. The van der Waals surface area contributed by atoms with Gasteiger partial charge in [-0.2, -0.15) is 0 Å². The second kappa shape index (κ2) is 11.8. The zero-order chi connectivity index (χ0) is 31.2. The molecule has 6 rings (SSSR count). The summed E-state index contributed by atoms with van der Waals surface area (Å²) in [6.07, 6.45) is 2.97. The van der Waals surface area contributed by atoms with E-state index in [2.05, 4.69) is 14.8 Å². The molecule has 9 nitrogen and oxygen atoms in total. The molecule has 2 aromatic carbocycles. The van der Waals surface area contributed by atoms with Crippen LogP contribution in [0, 0.1) is 12.3 Å². The molecule has 0 unspecified atom stereocenters. The third-order valence-electron chi connectivity index (χ3n) is 9.13. The lowest BCUT2D eigenvalue weighted by atomic mass is 9.79. The predicted octanol–water partition coefficient (Wildman–Crippen LogP) is 5.87. The van der Waals surface area contributed by atoms with E-state index in [0.29, 0.717) is 61.6 Å². The average Bonchev–Trinajstić information content (AvgIpc) is 2.98. The van der Waals surface area contributed by atoms with Crippen molar-refractivity contribution in [2.75, 3.05) is 38.1 Å². The van der Waals surface area contributed by atoms with Gasteiger partial charge in [-0.05, 0) is 71.0 Å². The maximum atomic E-state index is 13.8. The highest BCUT2D eigenvalue weighted by molar-refractivity contribution is 6.33. The lowest BCUT2D eigenvalue weighted by molar-refractivity contribution is -0.165. The summed E-state index contributed by atoms with van der Waals surface area (Å²) in [7, 11) is 1.96. The van der Waals surface area contributed by atoms with Gasteiger partial charge in [0.1, 0.15) is 34.3 Å². The van der Waals surface area contributed by atoms with Gasteiger partial charge in [0.25, 0.3) is 0 Å². The van der Waals surface area contributed by atoms with Crippen molar-refractivity contribution in [1.29, 1.82) is 0 Å². The molecule has 2 N–H and O–H groups in total. The molecule has 0 radical (unpaired) electrons. The van der Waals surface area contributed by atoms with E-state index in [1.165, 1.54) is 12.1 Å². The number of likely N-dealkylation sites (N-methyl/N-ethyl adjacent to an activating group) is 1. The molecule has 2 aromatic heterocycles. The van der Waals surface area contributed by atoms with Gasteiger partial charge >= 0.3 is 5.97 Å². The minimum absolute atomic E-state index is 0.0386. The van der Waals surface area contributed by atoms with Crippen LogP contribution in [0.1, 0.15) is 43.4 Å². The molecule has 0 bridgehead atoms. The van der Waals surface area contributed by atoms with Crippen molar-refractivity contribution in [3.8, 4) is 22.8 Å². The summed E-state index contributed by atoms with van der Waals surface area (Å²) in [5, 5.41) is 22.3. The fourth-order valence-electron chi connectivity index (χ4n) is 6.46. The first-order valence-corrected chi connectivity index (χ1v) is 15.3. The van der Waals surface area contributed by atoms with Crippen LogP contribution in [0.3, 0.4) is 0 Å². The number of piperidine rings is 2. The Balaban J connectivity index is 1.32. The Morgan fingerprint density at radius 1 is 1.09 bits per heavy atom. The Hall–Kier alpha value is -4.08. The smallest absolute Gasteiger partial charge is 0.312 e. The highest BCUT2D eigenvalue weighted by Crippen LogP contribution is 2.44. The minimum Gasteiger partial charge on any atom is -0.507 e. The summed E-state index contributed by atoms with van der Waals surface area (Å²) in [6.45, 7) is 6.45. The van der Waals surface area contributed by atoms with Crippen LogP contribution in [0.5, 0.6) is 11.5 Å². The van der Waals surface area contributed by atoms with Crippen molar-refractivity contribution in [3.63, 3.8) is 0 Å². The van der Waals surface area contributed by atoms with Gasteiger partial charge in [-0.1, -0.05) is 23.7 Å². The summed E-state index contributed by atoms with van der Waals surface area (Å²) in [4.78, 5) is 35.8. The van der Waals surface area contributed by atoms with E-state index < -0.39 is 22.9 Å². The molecule has 0 amide bonds. The molecular formula is C34H36ClN3O6. The van der Waals surface area contributed by atoms with Crippen molar-refractivity contribution >= 4 is 34.2 Å². The fourth-order valence-corrected chi connectivity index (χ4v) is 6.69. The fraction of sp³-hybridized carbons (Fsp3) is 0.382. The molecule has 4 heterocycles. The molecule has 2 aliphatic heterocycles. The molecule has 4 aromatic rings. The number of esters is 1. The molecule has 230 valence electrons. The number of rotatable bonds is 5. The summed E-state index contributed by atoms with van der Waals surface area (Å²) >= 11 is 6.42. The average molecular weight is 618 g/mol. The number of aromatic nitrogens is 1. The van der Waals surface area contributed by atoms with Crippen LogP contribution in [0.2, 0.25) is 5.02 Å². The standard InChI is InChI=1S/C34H36ClN3O6/c1-20-16-21(8-12-36-20)38-14-10-34(2,11-15-38)33(42)44-29-19-37(3)13-9-23(29)30-25(39)17-26(40)31-27(41)18-28(43-32(30)31)22-6-4-5-7-24(22)35/h4-8,12,16-18,23,29,39-40H,9-11,13-15,19H2,1-3H3/t23-,29+/m0/s1. The first-order valence-electron chi connectivity index (χ1n) is 14.9. The van der Waals surface area contributed by atoms with Gasteiger partial charge in [-0.25, -0.2) is 0 Å². The Morgan fingerprint density at radius 3 is 2.57 bits per heavy atom. The maximum Gasteiger partial charge on any atom is 0.312 e. The number of halogens is 1.